The molecular weight excluding hydrogens is 214 g/mol. The van der Waals surface area contributed by atoms with E-state index in [1.54, 1.807) is 6.92 Å². The number of carbonyl (C=O) groups excluding carboxylic acids is 1. The van der Waals surface area contributed by atoms with Crippen molar-refractivity contribution >= 4 is 5.97 Å². The summed E-state index contributed by atoms with van der Waals surface area (Å²) in [5.41, 5.74) is 1.37. The Morgan fingerprint density at radius 3 is 2.29 bits per heavy atom. The third-order valence-electron chi connectivity index (χ3n) is 1.79. The number of benzene rings is 1. The van der Waals surface area contributed by atoms with Crippen LogP contribution in [0.3, 0.4) is 0 Å². The van der Waals surface area contributed by atoms with E-state index in [9.17, 15) is 4.79 Å². The molecule has 94 valence electrons. The number of hydrogen-bond donors (Lipinski definition) is 0. The molecule has 0 atom stereocenters. The van der Waals surface area contributed by atoms with Crippen molar-refractivity contribution in [3.8, 4) is 0 Å². The molecule has 0 spiro atoms. The fraction of sp³-hybridized carbons (Fsp3) is 0.357. The first-order valence-corrected chi connectivity index (χ1v) is 5.58. The van der Waals surface area contributed by atoms with Crippen molar-refractivity contribution in [3.05, 3.63) is 48.6 Å². The van der Waals surface area contributed by atoms with Crippen LogP contribution in [0.2, 0.25) is 0 Å². The van der Waals surface area contributed by atoms with Gasteiger partial charge in [0.15, 0.2) is 0 Å². The van der Waals surface area contributed by atoms with Crippen LogP contribution in [0.25, 0.3) is 0 Å². The number of nitrogens with zero attached hydrogens (tertiary/aromatic N) is 1. The lowest BCUT2D eigenvalue weighted by molar-refractivity contribution is -0.137. The van der Waals surface area contributed by atoms with E-state index in [1.807, 2.05) is 6.07 Å². The van der Waals surface area contributed by atoms with Crippen molar-refractivity contribution in [2.24, 2.45) is 0 Å². The van der Waals surface area contributed by atoms with E-state index in [0.29, 0.717) is 6.61 Å². The Morgan fingerprint density at radius 2 is 1.94 bits per heavy atom. The zero-order valence-electron chi connectivity index (χ0n) is 10.8. The minimum atomic E-state index is -0.359. The maximum Gasteiger partial charge on any atom is 0.330 e. The lowest BCUT2D eigenvalue weighted by Crippen LogP contribution is -2.10. The first kappa shape index (κ1) is 15.4. The summed E-state index contributed by atoms with van der Waals surface area (Å²) in [6, 6.07) is 10.5. The normalized spacial score (nSPS) is 9.18. The van der Waals surface area contributed by atoms with Crippen molar-refractivity contribution < 1.29 is 9.53 Å². The van der Waals surface area contributed by atoms with Crippen LogP contribution < -0.4 is 0 Å². The van der Waals surface area contributed by atoms with Crippen LogP contribution in [-0.2, 0) is 16.1 Å². The van der Waals surface area contributed by atoms with Crippen LogP contribution in [-0.4, -0.2) is 31.6 Å². The topological polar surface area (TPSA) is 29.5 Å². The van der Waals surface area contributed by atoms with Crippen LogP contribution in [0.4, 0.5) is 0 Å². The molecular formula is C14H21NO2. The van der Waals surface area contributed by atoms with Gasteiger partial charge in [-0.1, -0.05) is 36.9 Å². The lowest BCUT2D eigenvalue weighted by Gasteiger charge is -2.08. The van der Waals surface area contributed by atoms with E-state index in [2.05, 4.69) is 54.6 Å². The molecule has 0 heterocycles. The van der Waals surface area contributed by atoms with Gasteiger partial charge in [0.05, 0.1) is 6.61 Å². The minimum absolute atomic E-state index is 0.359. The van der Waals surface area contributed by atoms with Crippen LogP contribution in [0, 0.1) is 0 Å². The fourth-order valence-corrected chi connectivity index (χ4v) is 1.15. The van der Waals surface area contributed by atoms with Crippen LogP contribution in [0.5, 0.6) is 0 Å². The monoisotopic (exact) mass is 235 g/mol. The molecule has 0 unspecified atom stereocenters. The summed E-state index contributed by atoms with van der Waals surface area (Å²) in [6.45, 7) is 6.41. The van der Waals surface area contributed by atoms with Gasteiger partial charge in [-0.05, 0) is 26.6 Å². The molecule has 0 radical (unpaired) electrons. The Hall–Kier alpha value is -1.61. The van der Waals surface area contributed by atoms with Gasteiger partial charge in [-0.15, -0.1) is 0 Å². The highest BCUT2D eigenvalue weighted by Gasteiger charge is 1.90. The summed E-state index contributed by atoms with van der Waals surface area (Å²) in [5, 5.41) is 0. The third kappa shape index (κ3) is 9.33. The summed E-state index contributed by atoms with van der Waals surface area (Å²) in [7, 11) is 4.15. The molecule has 0 amide bonds. The molecule has 0 N–H and O–H groups in total. The Labute approximate surface area is 104 Å². The smallest absolute Gasteiger partial charge is 0.330 e. The van der Waals surface area contributed by atoms with E-state index in [-0.39, 0.29) is 5.97 Å². The number of ether oxygens (including phenoxy) is 1. The molecule has 3 heteroatoms. The van der Waals surface area contributed by atoms with Gasteiger partial charge in [-0.3, -0.25) is 0 Å². The second-order valence-corrected chi connectivity index (χ2v) is 3.68. The largest absolute Gasteiger partial charge is 0.463 e. The molecule has 3 nitrogen and oxygen atoms in total. The molecule has 0 aliphatic carbocycles. The summed E-state index contributed by atoms with van der Waals surface area (Å²) >= 11 is 0. The first-order chi connectivity index (χ1) is 8.10. The first-order valence-electron chi connectivity index (χ1n) is 5.58. The quantitative estimate of drug-likeness (QED) is 0.593. The van der Waals surface area contributed by atoms with E-state index in [0.717, 1.165) is 12.6 Å². The number of hydrogen-bond acceptors (Lipinski definition) is 3. The number of esters is 1. The average Bonchev–Trinajstić information content (AvgIpc) is 2.30. The predicted octanol–water partition coefficient (Wildman–Crippen LogP) is 2.48. The molecule has 1 aromatic rings. The predicted molar refractivity (Wildman–Crippen MR) is 70.7 cm³/mol. The summed E-state index contributed by atoms with van der Waals surface area (Å²) in [5.74, 6) is -0.359. The zero-order valence-corrected chi connectivity index (χ0v) is 10.8. The van der Waals surface area contributed by atoms with Gasteiger partial charge in [0.1, 0.15) is 0 Å². The van der Waals surface area contributed by atoms with Gasteiger partial charge in [0.2, 0.25) is 0 Å². The highest BCUT2D eigenvalue weighted by Crippen LogP contribution is 1.99. The molecule has 0 saturated carbocycles. The second kappa shape index (κ2) is 9.60. The molecule has 0 saturated heterocycles. The Morgan fingerprint density at radius 1 is 1.35 bits per heavy atom. The minimum Gasteiger partial charge on any atom is -0.463 e. The summed E-state index contributed by atoms with van der Waals surface area (Å²) < 4.78 is 4.43. The molecule has 0 aromatic heterocycles. The van der Waals surface area contributed by atoms with Crippen LogP contribution >= 0.6 is 0 Å². The Kier molecular flexibility index (Phi) is 8.69. The summed E-state index contributed by atoms with van der Waals surface area (Å²) in [6.07, 6.45) is 1.14. The molecule has 0 bridgehead atoms. The van der Waals surface area contributed by atoms with Gasteiger partial charge in [0.25, 0.3) is 0 Å². The Bertz CT molecular complexity index is 320. The maximum atomic E-state index is 10.1. The van der Waals surface area contributed by atoms with Crippen molar-refractivity contribution in [2.75, 3.05) is 20.7 Å². The molecule has 0 fully saturated rings. The highest BCUT2D eigenvalue weighted by molar-refractivity contribution is 5.81. The van der Waals surface area contributed by atoms with Gasteiger partial charge < -0.3 is 9.64 Å². The lowest BCUT2D eigenvalue weighted by atomic mass is 10.2. The van der Waals surface area contributed by atoms with Crippen molar-refractivity contribution in [3.63, 3.8) is 0 Å². The van der Waals surface area contributed by atoms with Crippen molar-refractivity contribution in [1.82, 2.24) is 4.90 Å². The SMILES string of the molecule is C=CC(=O)OCC.CN(C)Cc1ccccc1. The van der Waals surface area contributed by atoms with Crippen LogP contribution in [0.1, 0.15) is 12.5 Å². The van der Waals surface area contributed by atoms with E-state index in [1.165, 1.54) is 5.56 Å². The van der Waals surface area contributed by atoms with Crippen LogP contribution in [0.15, 0.2) is 43.0 Å². The standard InChI is InChI=1S/C9H13N.C5H8O2/c1-10(2)8-9-6-4-3-5-7-9;1-3-5(6)7-4-2/h3-7H,8H2,1-2H3;3H,1,4H2,2H3. The average molecular weight is 235 g/mol. The van der Waals surface area contributed by atoms with Crippen molar-refractivity contribution in [1.29, 1.82) is 0 Å². The molecule has 0 aliphatic heterocycles. The molecule has 17 heavy (non-hydrogen) atoms. The maximum absolute atomic E-state index is 10.1. The molecule has 1 rings (SSSR count). The van der Waals surface area contributed by atoms with Crippen molar-refractivity contribution in [2.45, 2.75) is 13.5 Å². The third-order valence-corrected chi connectivity index (χ3v) is 1.79. The summed E-state index contributed by atoms with van der Waals surface area (Å²) in [4.78, 5) is 12.2. The van der Waals surface area contributed by atoms with Gasteiger partial charge in [0, 0.05) is 12.6 Å². The van der Waals surface area contributed by atoms with Gasteiger partial charge in [-0.25, -0.2) is 4.79 Å². The van der Waals surface area contributed by atoms with E-state index < -0.39 is 0 Å². The molecule has 0 aliphatic rings. The van der Waals surface area contributed by atoms with Gasteiger partial charge in [-0.2, -0.15) is 0 Å². The fourth-order valence-electron chi connectivity index (χ4n) is 1.15. The van der Waals surface area contributed by atoms with E-state index >= 15 is 0 Å². The number of carbonyl (C=O) groups is 1. The van der Waals surface area contributed by atoms with Gasteiger partial charge >= 0.3 is 5.97 Å². The zero-order chi connectivity index (χ0) is 13.1. The van der Waals surface area contributed by atoms with E-state index in [4.69, 9.17) is 0 Å². The Balaban J connectivity index is 0.000000325. The number of rotatable bonds is 4. The molecule has 1 aromatic carbocycles. The second-order valence-electron chi connectivity index (χ2n) is 3.68. The highest BCUT2D eigenvalue weighted by atomic mass is 16.5.